The van der Waals surface area contributed by atoms with Crippen molar-refractivity contribution in [1.82, 2.24) is 20.2 Å². The molecule has 0 saturated carbocycles. The number of hydrogen-bond donors (Lipinski definition) is 1. The van der Waals surface area contributed by atoms with E-state index in [1.54, 1.807) is 24.3 Å². The molecular weight excluding hydrogens is 212 g/mol. The van der Waals surface area contributed by atoms with Gasteiger partial charge in [-0.05, 0) is 17.3 Å². The molecule has 0 spiro atoms. The van der Waals surface area contributed by atoms with Crippen LogP contribution in [0.3, 0.4) is 0 Å². The average Bonchev–Trinajstić information content (AvgIpc) is 2.80. The maximum atomic E-state index is 10.3. The van der Waals surface area contributed by atoms with E-state index in [-0.39, 0.29) is 6.61 Å². The quantitative estimate of drug-likeness (QED) is 0.787. The molecule has 0 atom stereocenters. The second-order valence-electron chi connectivity index (χ2n) is 2.91. The molecule has 0 saturated heterocycles. The molecule has 1 aromatic carbocycles. The zero-order valence-electron chi connectivity index (χ0n) is 8.15. The summed E-state index contributed by atoms with van der Waals surface area (Å²) in [4.78, 5) is 11.6. The fraction of sp³-hybridized carbons (Fsp3) is 0.111. The summed E-state index contributed by atoms with van der Waals surface area (Å²) >= 11 is 0. The van der Waals surface area contributed by atoms with Crippen LogP contribution in [0, 0.1) is 0 Å². The minimum atomic E-state index is -1.02. The molecule has 2 aromatic rings. The van der Waals surface area contributed by atoms with Crippen LogP contribution in [0.1, 0.15) is 0 Å². The maximum Gasteiger partial charge on any atom is 0.341 e. The van der Waals surface area contributed by atoms with Crippen molar-refractivity contribution in [2.24, 2.45) is 0 Å². The topological polar surface area (TPSA) is 90.1 Å². The molecule has 0 radical (unpaired) electrons. The van der Waals surface area contributed by atoms with E-state index in [0.717, 1.165) is 0 Å². The number of ether oxygens (including phenoxy) is 1. The standard InChI is InChI=1S/C9H8N4O3/c14-9(15)5-16-8-3-1-2-7(4-8)13-11-6-10-12-13/h1-4,6H,5H2,(H,14,15). The number of rotatable bonds is 4. The van der Waals surface area contributed by atoms with Gasteiger partial charge < -0.3 is 9.84 Å². The van der Waals surface area contributed by atoms with Crippen molar-refractivity contribution in [3.63, 3.8) is 0 Å². The Morgan fingerprint density at radius 1 is 1.50 bits per heavy atom. The lowest BCUT2D eigenvalue weighted by Crippen LogP contribution is -2.09. The molecule has 0 amide bonds. The van der Waals surface area contributed by atoms with Gasteiger partial charge in [0.25, 0.3) is 0 Å². The van der Waals surface area contributed by atoms with Crippen LogP contribution in [-0.4, -0.2) is 37.9 Å². The van der Waals surface area contributed by atoms with Gasteiger partial charge in [0.1, 0.15) is 5.75 Å². The number of aliphatic carboxylic acids is 1. The fourth-order valence-electron chi connectivity index (χ4n) is 1.13. The van der Waals surface area contributed by atoms with Gasteiger partial charge in [-0.25, -0.2) is 4.79 Å². The number of benzene rings is 1. The number of nitrogens with zero attached hydrogens (tertiary/aromatic N) is 4. The first kappa shape index (κ1) is 10.1. The lowest BCUT2D eigenvalue weighted by atomic mass is 10.3. The highest BCUT2D eigenvalue weighted by Crippen LogP contribution is 2.14. The van der Waals surface area contributed by atoms with Gasteiger partial charge in [-0.3, -0.25) is 0 Å². The lowest BCUT2D eigenvalue weighted by Gasteiger charge is -2.04. The summed E-state index contributed by atoms with van der Waals surface area (Å²) in [6.07, 6.45) is 1.31. The second kappa shape index (κ2) is 4.39. The summed E-state index contributed by atoms with van der Waals surface area (Å²) in [5.74, 6) is -0.582. The number of hydrogen-bond acceptors (Lipinski definition) is 5. The minimum Gasteiger partial charge on any atom is -0.482 e. The van der Waals surface area contributed by atoms with E-state index in [1.165, 1.54) is 11.1 Å². The van der Waals surface area contributed by atoms with Crippen LogP contribution in [0.5, 0.6) is 5.75 Å². The Kier molecular flexibility index (Phi) is 2.77. The van der Waals surface area contributed by atoms with Gasteiger partial charge in [-0.15, -0.1) is 15.0 Å². The summed E-state index contributed by atoms with van der Waals surface area (Å²) < 4.78 is 5.02. The van der Waals surface area contributed by atoms with Gasteiger partial charge in [-0.1, -0.05) is 6.07 Å². The Hall–Kier alpha value is -2.44. The molecule has 1 N–H and O–H groups in total. The fourth-order valence-corrected chi connectivity index (χ4v) is 1.13. The van der Waals surface area contributed by atoms with Crippen LogP contribution in [0.25, 0.3) is 5.69 Å². The highest BCUT2D eigenvalue weighted by atomic mass is 16.5. The van der Waals surface area contributed by atoms with E-state index in [9.17, 15) is 4.79 Å². The third-order valence-corrected chi connectivity index (χ3v) is 1.76. The van der Waals surface area contributed by atoms with E-state index in [1.807, 2.05) is 0 Å². The van der Waals surface area contributed by atoms with Gasteiger partial charge in [-0.2, -0.15) is 0 Å². The molecular formula is C9H8N4O3. The van der Waals surface area contributed by atoms with Crippen LogP contribution < -0.4 is 4.74 Å². The molecule has 1 aromatic heterocycles. The van der Waals surface area contributed by atoms with Crippen molar-refractivity contribution in [3.05, 3.63) is 30.6 Å². The molecule has 0 aliphatic carbocycles. The molecule has 0 unspecified atom stereocenters. The molecule has 7 nitrogen and oxygen atoms in total. The van der Waals surface area contributed by atoms with Crippen LogP contribution in [0.15, 0.2) is 30.6 Å². The number of aromatic nitrogens is 4. The number of tetrazole rings is 1. The third-order valence-electron chi connectivity index (χ3n) is 1.76. The van der Waals surface area contributed by atoms with Gasteiger partial charge in [0.2, 0.25) is 0 Å². The van der Waals surface area contributed by atoms with Crippen molar-refractivity contribution in [1.29, 1.82) is 0 Å². The molecule has 0 fully saturated rings. The van der Waals surface area contributed by atoms with E-state index in [2.05, 4.69) is 15.4 Å². The summed E-state index contributed by atoms with van der Waals surface area (Å²) in [6, 6.07) is 6.76. The highest BCUT2D eigenvalue weighted by molar-refractivity contribution is 5.68. The molecule has 2 rings (SSSR count). The predicted octanol–water partition coefficient (Wildman–Crippen LogP) is 0.126. The van der Waals surface area contributed by atoms with Crippen LogP contribution in [-0.2, 0) is 4.79 Å². The van der Waals surface area contributed by atoms with Gasteiger partial charge in [0, 0.05) is 6.07 Å². The number of carboxylic acid groups (broad SMARTS) is 1. The molecule has 7 heteroatoms. The first-order chi connectivity index (χ1) is 7.75. The average molecular weight is 220 g/mol. The molecule has 82 valence electrons. The molecule has 0 aliphatic heterocycles. The van der Waals surface area contributed by atoms with Crippen LogP contribution >= 0.6 is 0 Å². The third kappa shape index (κ3) is 2.32. The Morgan fingerprint density at radius 2 is 2.38 bits per heavy atom. The van der Waals surface area contributed by atoms with Crippen molar-refractivity contribution in [2.75, 3.05) is 6.61 Å². The molecule has 1 heterocycles. The Morgan fingerprint density at radius 3 is 3.06 bits per heavy atom. The summed E-state index contributed by atoms with van der Waals surface area (Å²) in [6.45, 7) is -0.381. The Labute approximate surface area is 90.3 Å². The van der Waals surface area contributed by atoms with Crippen molar-refractivity contribution in [3.8, 4) is 11.4 Å². The second-order valence-corrected chi connectivity index (χ2v) is 2.91. The monoisotopic (exact) mass is 220 g/mol. The Balaban J connectivity index is 2.17. The first-order valence-corrected chi connectivity index (χ1v) is 4.44. The zero-order valence-corrected chi connectivity index (χ0v) is 8.15. The van der Waals surface area contributed by atoms with E-state index < -0.39 is 5.97 Å². The Bertz CT molecular complexity index is 483. The molecule has 0 aliphatic rings. The van der Waals surface area contributed by atoms with Crippen molar-refractivity contribution in [2.45, 2.75) is 0 Å². The number of carboxylic acids is 1. The van der Waals surface area contributed by atoms with E-state index in [0.29, 0.717) is 11.4 Å². The summed E-state index contributed by atoms with van der Waals surface area (Å²) in [5, 5.41) is 19.6. The SMILES string of the molecule is O=C(O)COc1cccc(-n2ncnn2)c1. The summed E-state index contributed by atoms with van der Waals surface area (Å²) in [7, 11) is 0. The van der Waals surface area contributed by atoms with Gasteiger partial charge in [0.05, 0.1) is 5.69 Å². The summed E-state index contributed by atoms with van der Waals surface area (Å²) in [5.41, 5.74) is 0.653. The normalized spacial score (nSPS) is 10.0. The van der Waals surface area contributed by atoms with Crippen molar-refractivity contribution >= 4 is 5.97 Å². The smallest absolute Gasteiger partial charge is 0.341 e. The molecule has 0 bridgehead atoms. The largest absolute Gasteiger partial charge is 0.482 e. The highest BCUT2D eigenvalue weighted by Gasteiger charge is 2.02. The first-order valence-electron chi connectivity index (χ1n) is 4.44. The molecule has 16 heavy (non-hydrogen) atoms. The van der Waals surface area contributed by atoms with Crippen LogP contribution in [0.2, 0.25) is 0 Å². The van der Waals surface area contributed by atoms with E-state index >= 15 is 0 Å². The van der Waals surface area contributed by atoms with Gasteiger partial charge >= 0.3 is 5.97 Å². The maximum absolute atomic E-state index is 10.3. The predicted molar refractivity (Wildman–Crippen MR) is 52.3 cm³/mol. The van der Waals surface area contributed by atoms with Gasteiger partial charge in [0.15, 0.2) is 12.9 Å². The lowest BCUT2D eigenvalue weighted by molar-refractivity contribution is -0.139. The van der Waals surface area contributed by atoms with E-state index in [4.69, 9.17) is 9.84 Å². The number of carbonyl (C=O) groups is 1. The van der Waals surface area contributed by atoms with Crippen molar-refractivity contribution < 1.29 is 14.6 Å². The van der Waals surface area contributed by atoms with Crippen LogP contribution in [0.4, 0.5) is 0 Å². The zero-order chi connectivity index (χ0) is 11.4. The minimum absolute atomic E-state index is 0.381.